The fraction of sp³-hybridized carbons (Fsp3) is 1.00. The standard InChI is InChI=1S/C11H19Cl/c1-8-4-5-11(6-8)9(7-12)10(11,2)3/h8-9H,4-7H2,1-3H3. The van der Waals surface area contributed by atoms with E-state index in [0.29, 0.717) is 10.8 Å². The molecule has 1 heteroatoms. The Morgan fingerprint density at radius 1 is 1.42 bits per heavy atom. The van der Waals surface area contributed by atoms with E-state index in [2.05, 4.69) is 20.8 Å². The van der Waals surface area contributed by atoms with E-state index in [0.717, 1.165) is 17.7 Å². The summed E-state index contributed by atoms with van der Waals surface area (Å²) >= 11 is 6.00. The van der Waals surface area contributed by atoms with E-state index in [-0.39, 0.29) is 0 Å². The van der Waals surface area contributed by atoms with Crippen LogP contribution in [0.2, 0.25) is 0 Å². The molecule has 0 nitrogen and oxygen atoms in total. The average Bonchev–Trinajstić information content (AvgIpc) is 2.32. The zero-order chi connectivity index (χ0) is 8.98. The number of hydrogen-bond donors (Lipinski definition) is 0. The van der Waals surface area contributed by atoms with Crippen LogP contribution in [-0.2, 0) is 0 Å². The molecule has 0 aromatic rings. The van der Waals surface area contributed by atoms with Crippen LogP contribution in [0.1, 0.15) is 40.0 Å². The smallest absolute Gasteiger partial charge is 0.0262 e. The molecule has 0 heterocycles. The molecule has 3 unspecified atom stereocenters. The number of rotatable bonds is 1. The van der Waals surface area contributed by atoms with Crippen LogP contribution in [0, 0.1) is 22.7 Å². The van der Waals surface area contributed by atoms with Gasteiger partial charge in [0.05, 0.1) is 0 Å². The lowest BCUT2D eigenvalue weighted by Gasteiger charge is -2.11. The van der Waals surface area contributed by atoms with E-state index in [1.807, 2.05) is 0 Å². The van der Waals surface area contributed by atoms with E-state index in [9.17, 15) is 0 Å². The van der Waals surface area contributed by atoms with Crippen molar-refractivity contribution in [2.24, 2.45) is 22.7 Å². The highest BCUT2D eigenvalue weighted by molar-refractivity contribution is 6.18. The Morgan fingerprint density at radius 2 is 2.08 bits per heavy atom. The van der Waals surface area contributed by atoms with Crippen molar-refractivity contribution >= 4 is 11.6 Å². The molecular formula is C11H19Cl. The van der Waals surface area contributed by atoms with E-state index >= 15 is 0 Å². The van der Waals surface area contributed by atoms with Gasteiger partial charge in [-0.25, -0.2) is 0 Å². The number of hydrogen-bond acceptors (Lipinski definition) is 0. The molecule has 0 amide bonds. The highest BCUT2D eigenvalue weighted by atomic mass is 35.5. The molecule has 0 saturated heterocycles. The summed E-state index contributed by atoms with van der Waals surface area (Å²) < 4.78 is 0. The molecule has 2 rings (SSSR count). The molecule has 70 valence electrons. The summed E-state index contributed by atoms with van der Waals surface area (Å²) in [5.41, 5.74) is 1.19. The van der Waals surface area contributed by atoms with Crippen LogP contribution in [0.15, 0.2) is 0 Å². The molecule has 0 aliphatic heterocycles. The molecular weight excluding hydrogens is 168 g/mol. The van der Waals surface area contributed by atoms with Crippen molar-refractivity contribution < 1.29 is 0 Å². The van der Waals surface area contributed by atoms with Gasteiger partial charge in [0.2, 0.25) is 0 Å². The molecule has 0 aromatic heterocycles. The highest BCUT2D eigenvalue weighted by Crippen LogP contribution is 2.76. The minimum atomic E-state index is 0.541. The molecule has 12 heavy (non-hydrogen) atoms. The zero-order valence-corrected chi connectivity index (χ0v) is 9.12. The van der Waals surface area contributed by atoms with Crippen molar-refractivity contribution in [1.29, 1.82) is 0 Å². The first kappa shape index (κ1) is 8.87. The minimum Gasteiger partial charge on any atom is -0.126 e. The maximum Gasteiger partial charge on any atom is 0.0262 e. The summed E-state index contributed by atoms with van der Waals surface area (Å²) in [5, 5.41) is 0. The second-order valence-electron chi connectivity index (χ2n) is 5.43. The van der Waals surface area contributed by atoms with Gasteiger partial charge in [-0.3, -0.25) is 0 Å². The van der Waals surface area contributed by atoms with Crippen LogP contribution in [0.25, 0.3) is 0 Å². The Morgan fingerprint density at radius 3 is 2.42 bits per heavy atom. The van der Waals surface area contributed by atoms with E-state index in [1.54, 1.807) is 0 Å². The van der Waals surface area contributed by atoms with Gasteiger partial charge in [0.25, 0.3) is 0 Å². The first-order valence-electron chi connectivity index (χ1n) is 5.10. The Hall–Kier alpha value is 0.290. The summed E-state index contributed by atoms with van der Waals surface area (Å²) in [6, 6.07) is 0. The summed E-state index contributed by atoms with van der Waals surface area (Å²) in [7, 11) is 0. The van der Waals surface area contributed by atoms with Crippen molar-refractivity contribution in [3.05, 3.63) is 0 Å². The third kappa shape index (κ3) is 0.852. The lowest BCUT2D eigenvalue weighted by molar-refractivity contribution is 0.379. The third-order valence-corrected chi connectivity index (χ3v) is 5.00. The first-order valence-corrected chi connectivity index (χ1v) is 5.64. The Balaban J connectivity index is 2.15. The molecule has 0 bridgehead atoms. The lowest BCUT2D eigenvalue weighted by atomic mass is 9.93. The predicted molar refractivity (Wildman–Crippen MR) is 53.4 cm³/mol. The predicted octanol–water partition coefficient (Wildman–Crippen LogP) is 3.69. The highest BCUT2D eigenvalue weighted by Gasteiger charge is 2.70. The van der Waals surface area contributed by atoms with Gasteiger partial charge in [-0.15, -0.1) is 11.6 Å². The normalized spacial score (nSPS) is 50.0. The summed E-state index contributed by atoms with van der Waals surface area (Å²) in [4.78, 5) is 0. The van der Waals surface area contributed by atoms with Gasteiger partial charge in [-0.05, 0) is 35.5 Å². The van der Waals surface area contributed by atoms with Crippen molar-refractivity contribution in [2.45, 2.75) is 40.0 Å². The Bertz CT molecular complexity index is 197. The van der Waals surface area contributed by atoms with Crippen LogP contribution in [0.3, 0.4) is 0 Å². The fourth-order valence-corrected chi connectivity index (χ4v) is 4.32. The summed E-state index contributed by atoms with van der Waals surface area (Å²) in [6.45, 7) is 7.19. The summed E-state index contributed by atoms with van der Waals surface area (Å²) in [5.74, 6) is 2.62. The van der Waals surface area contributed by atoms with E-state index in [1.165, 1.54) is 19.3 Å². The number of alkyl halides is 1. The molecule has 3 atom stereocenters. The van der Waals surface area contributed by atoms with Gasteiger partial charge < -0.3 is 0 Å². The van der Waals surface area contributed by atoms with Crippen molar-refractivity contribution in [1.82, 2.24) is 0 Å². The minimum absolute atomic E-state index is 0.541. The maximum atomic E-state index is 6.00. The van der Waals surface area contributed by atoms with Crippen molar-refractivity contribution in [2.75, 3.05) is 5.88 Å². The molecule has 2 fully saturated rings. The topological polar surface area (TPSA) is 0 Å². The quantitative estimate of drug-likeness (QED) is 0.548. The van der Waals surface area contributed by atoms with Crippen molar-refractivity contribution in [3.8, 4) is 0 Å². The molecule has 2 saturated carbocycles. The maximum absolute atomic E-state index is 6.00. The van der Waals surface area contributed by atoms with E-state index in [4.69, 9.17) is 11.6 Å². The van der Waals surface area contributed by atoms with Crippen LogP contribution < -0.4 is 0 Å². The third-order valence-electron chi connectivity index (χ3n) is 4.69. The van der Waals surface area contributed by atoms with Gasteiger partial charge in [-0.2, -0.15) is 0 Å². The molecule has 2 aliphatic carbocycles. The van der Waals surface area contributed by atoms with Gasteiger partial charge in [0.15, 0.2) is 0 Å². The SMILES string of the molecule is CC1CCC2(C1)C(CCl)C2(C)C. The van der Waals surface area contributed by atoms with E-state index < -0.39 is 0 Å². The van der Waals surface area contributed by atoms with Gasteiger partial charge in [-0.1, -0.05) is 27.2 Å². The second-order valence-corrected chi connectivity index (χ2v) is 5.74. The molecule has 0 radical (unpaired) electrons. The first-order chi connectivity index (χ1) is 5.54. The van der Waals surface area contributed by atoms with Gasteiger partial charge in [0.1, 0.15) is 0 Å². The monoisotopic (exact) mass is 186 g/mol. The second kappa shape index (κ2) is 2.41. The molecule has 1 spiro atoms. The van der Waals surface area contributed by atoms with Gasteiger partial charge in [0, 0.05) is 5.88 Å². The molecule has 0 aromatic carbocycles. The van der Waals surface area contributed by atoms with Crippen LogP contribution in [0.4, 0.5) is 0 Å². The van der Waals surface area contributed by atoms with Crippen LogP contribution >= 0.6 is 11.6 Å². The Labute approximate surface area is 80.7 Å². The average molecular weight is 187 g/mol. The Kier molecular flexibility index (Phi) is 1.78. The summed E-state index contributed by atoms with van der Waals surface area (Å²) in [6.07, 6.45) is 4.28. The van der Waals surface area contributed by atoms with Gasteiger partial charge >= 0.3 is 0 Å². The molecule has 0 N–H and O–H groups in total. The van der Waals surface area contributed by atoms with Crippen molar-refractivity contribution in [3.63, 3.8) is 0 Å². The number of halogens is 1. The molecule has 2 aliphatic rings. The van der Waals surface area contributed by atoms with Crippen LogP contribution in [-0.4, -0.2) is 5.88 Å². The zero-order valence-electron chi connectivity index (χ0n) is 8.36. The van der Waals surface area contributed by atoms with Crippen LogP contribution in [0.5, 0.6) is 0 Å². The lowest BCUT2D eigenvalue weighted by Crippen LogP contribution is -2.03. The fourth-order valence-electron chi connectivity index (χ4n) is 3.63. The largest absolute Gasteiger partial charge is 0.126 e.